The van der Waals surface area contributed by atoms with Gasteiger partial charge in [0.25, 0.3) is 0 Å². The number of aliphatic imine (C=N–C) groups is 1. The largest absolute Gasteiger partial charge is 0.458 e. The molecule has 1 saturated heterocycles. The molecule has 12 atom stereocenters. The predicted molar refractivity (Wildman–Crippen MR) is 172 cm³/mol. The maximum atomic E-state index is 12.8. The van der Waals surface area contributed by atoms with Gasteiger partial charge in [0.1, 0.15) is 12.7 Å². The minimum absolute atomic E-state index is 0.0271. The van der Waals surface area contributed by atoms with E-state index in [1.54, 1.807) is 13.0 Å². The summed E-state index contributed by atoms with van der Waals surface area (Å²) in [5, 5.41) is 46.0. The van der Waals surface area contributed by atoms with E-state index < -0.39 is 41.2 Å². The molecule has 7 aliphatic rings. The molecule has 0 amide bonds. The Balaban J connectivity index is 1.15. The SMILES string of the molecule is C[C@@H]1O[C@H](O[C@H]2CC[C@]3(C=NCCC4=CCCCC4)[C@H]4CC[C@]5(C)[C@H](C6=CC(=O)OC6)CC[C@]5(O)[C@@H]4CC[C@]3(O)C2)C[C@H](O)[C@@H]1O. The average molecular weight is 642 g/mol. The van der Waals surface area contributed by atoms with Gasteiger partial charge in [-0.25, -0.2) is 4.79 Å². The third-order valence-electron chi connectivity index (χ3n) is 13.9. The lowest BCUT2D eigenvalue weighted by atomic mass is 9.41. The summed E-state index contributed by atoms with van der Waals surface area (Å²) in [5.74, 6) is -0.0448. The first kappa shape index (κ1) is 32.9. The Morgan fingerprint density at radius 2 is 1.89 bits per heavy atom. The Hall–Kier alpha value is -1.62. The zero-order valence-corrected chi connectivity index (χ0v) is 27.7. The normalized spacial score (nSPS) is 49.1. The highest BCUT2D eigenvalue weighted by Gasteiger charge is 2.71. The molecule has 2 heterocycles. The lowest BCUT2D eigenvalue weighted by Gasteiger charge is -2.66. The second kappa shape index (κ2) is 12.4. The van der Waals surface area contributed by atoms with E-state index in [0.717, 1.165) is 56.9 Å². The highest BCUT2D eigenvalue weighted by atomic mass is 16.7. The van der Waals surface area contributed by atoms with Crippen LogP contribution < -0.4 is 0 Å². The second-order valence-electron chi connectivity index (χ2n) is 16.1. The molecule has 5 aliphatic carbocycles. The summed E-state index contributed by atoms with van der Waals surface area (Å²) in [6.45, 7) is 5.01. The Morgan fingerprint density at radius 1 is 1.07 bits per heavy atom. The number of carbonyl (C=O) groups excluding carboxylic acids is 1. The van der Waals surface area contributed by atoms with Crippen molar-refractivity contribution in [3.63, 3.8) is 0 Å². The maximum absolute atomic E-state index is 12.8. The molecule has 0 unspecified atom stereocenters. The van der Waals surface area contributed by atoms with Gasteiger partial charge in [-0.05, 0) is 114 Å². The van der Waals surface area contributed by atoms with Gasteiger partial charge in [0.2, 0.25) is 0 Å². The van der Waals surface area contributed by atoms with Crippen LogP contribution in [0.5, 0.6) is 0 Å². The van der Waals surface area contributed by atoms with E-state index in [-0.39, 0.29) is 41.7 Å². The van der Waals surface area contributed by atoms with Crippen LogP contribution in [-0.2, 0) is 19.0 Å². The highest BCUT2D eigenvalue weighted by molar-refractivity contribution is 5.85. The van der Waals surface area contributed by atoms with Gasteiger partial charge in [0.15, 0.2) is 6.29 Å². The Labute approximate surface area is 273 Å². The van der Waals surface area contributed by atoms with E-state index in [0.29, 0.717) is 38.8 Å². The number of fused-ring (bicyclic) bond motifs is 5. The number of hydrogen-bond acceptors (Lipinski definition) is 9. The molecule has 4 saturated carbocycles. The molecule has 7 rings (SSSR count). The fourth-order valence-electron chi connectivity index (χ4n) is 11.4. The predicted octanol–water partition coefficient (Wildman–Crippen LogP) is 4.54. The van der Waals surface area contributed by atoms with Crippen molar-refractivity contribution in [2.75, 3.05) is 13.2 Å². The van der Waals surface area contributed by atoms with Crippen LogP contribution in [0.3, 0.4) is 0 Å². The molecule has 256 valence electrons. The van der Waals surface area contributed by atoms with Gasteiger partial charge >= 0.3 is 5.97 Å². The summed E-state index contributed by atoms with van der Waals surface area (Å²) in [5.41, 5.74) is -0.341. The van der Waals surface area contributed by atoms with Crippen molar-refractivity contribution in [2.24, 2.45) is 33.6 Å². The van der Waals surface area contributed by atoms with Crippen molar-refractivity contribution >= 4 is 12.2 Å². The minimum Gasteiger partial charge on any atom is -0.458 e. The maximum Gasteiger partial charge on any atom is 0.331 e. The van der Waals surface area contributed by atoms with Gasteiger partial charge in [0.05, 0.1) is 29.5 Å². The van der Waals surface area contributed by atoms with Crippen LogP contribution in [0.2, 0.25) is 0 Å². The van der Waals surface area contributed by atoms with E-state index in [4.69, 9.17) is 19.2 Å². The number of ether oxygens (including phenoxy) is 3. The number of esters is 1. The summed E-state index contributed by atoms with van der Waals surface area (Å²) in [6.07, 6.45) is 15.3. The van der Waals surface area contributed by atoms with Gasteiger partial charge in [-0.15, -0.1) is 0 Å². The zero-order valence-electron chi connectivity index (χ0n) is 27.7. The van der Waals surface area contributed by atoms with Crippen molar-refractivity contribution in [2.45, 2.75) is 152 Å². The van der Waals surface area contributed by atoms with Crippen molar-refractivity contribution in [1.29, 1.82) is 0 Å². The van der Waals surface area contributed by atoms with Crippen LogP contribution in [0.25, 0.3) is 0 Å². The van der Waals surface area contributed by atoms with Crippen molar-refractivity contribution in [1.82, 2.24) is 0 Å². The van der Waals surface area contributed by atoms with E-state index >= 15 is 0 Å². The van der Waals surface area contributed by atoms with E-state index in [1.807, 2.05) is 0 Å². The van der Waals surface area contributed by atoms with Crippen LogP contribution in [0, 0.1) is 28.6 Å². The quantitative estimate of drug-likeness (QED) is 0.138. The molecule has 0 aromatic rings. The molecule has 9 nitrogen and oxygen atoms in total. The molecule has 0 spiro atoms. The Morgan fingerprint density at radius 3 is 2.63 bits per heavy atom. The third kappa shape index (κ3) is 5.36. The fourth-order valence-corrected chi connectivity index (χ4v) is 11.4. The molecule has 0 radical (unpaired) electrons. The first-order valence-corrected chi connectivity index (χ1v) is 18.2. The van der Waals surface area contributed by atoms with Gasteiger partial charge < -0.3 is 34.6 Å². The van der Waals surface area contributed by atoms with Crippen molar-refractivity contribution in [3.8, 4) is 0 Å². The van der Waals surface area contributed by atoms with Crippen LogP contribution in [0.1, 0.15) is 110 Å². The van der Waals surface area contributed by atoms with Gasteiger partial charge in [-0.2, -0.15) is 0 Å². The molecule has 0 aromatic heterocycles. The molecule has 9 heteroatoms. The van der Waals surface area contributed by atoms with Crippen molar-refractivity contribution in [3.05, 3.63) is 23.3 Å². The summed E-state index contributed by atoms with van der Waals surface area (Å²) < 4.78 is 17.6. The number of aliphatic hydroxyl groups is 4. The third-order valence-corrected chi connectivity index (χ3v) is 13.9. The molecule has 0 aromatic carbocycles. The summed E-state index contributed by atoms with van der Waals surface area (Å²) in [7, 11) is 0. The van der Waals surface area contributed by atoms with Crippen LogP contribution in [0.4, 0.5) is 0 Å². The van der Waals surface area contributed by atoms with Gasteiger partial charge in [-0.3, -0.25) is 4.99 Å². The summed E-state index contributed by atoms with van der Waals surface area (Å²) >= 11 is 0. The molecule has 46 heavy (non-hydrogen) atoms. The summed E-state index contributed by atoms with van der Waals surface area (Å²) in [4.78, 5) is 17.1. The number of rotatable bonds is 7. The number of cyclic esters (lactones) is 1. The average Bonchev–Trinajstić information content (AvgIpc) is 3.58. The standard InChI is InChI=1S/C37H55NO8/c1-23-33(41)30(39)19-32(45-23)46-26-8-14-35(22-38-17-12-24-6-4-3-5-7-24)28-9-13-34(2)27(25-18-31(40)44-21-25)11-16-37(34,43)29(28)10-15-36(35,42)20-26/h6,18,22-23,26-30,32-33,39,41-43H,3-5,7-17,19-21H2,1-2H3/t23-,26-,27-,28-,29+,30-,32+,33+,34+,35-,36-,37-/m0/s1. The highest BCUT2D eigenvalue weighted by Crippen LogP contribution is 2.70. The van der Waals surface area contributed by atoms with Crippen LogP contribution in [0.15, 0.2) is 28.3 Å². The summed E-state index contributed by atoms with van der Waals surface area (Å²) in [6, 6.07) is 0. The number of allylic oxidation sites excluding steroid dienone is 1. The second-order valence-corrected chi connectivity index (χ2v) is 16.1. The molecular weight excluding hydrogens is 586 g/mol. The molecule has 5 fully saturated rings. The Kier molecular flexibility index (Phi) is 8.84. The van der Waals surface area contributed by atoms with Crippen molar-refractivity contribution < 1.29 is 39.4 Å². The fraction of sp³-hybridized carbons (Fsp3) is 0.838. The topological polar surface area (TPSA) is 138 Å². The minimum atomic E-state index is -1.04. The molecule has 4 N–H and O–H groups in total. The first-order chi connectivity index (χ1) is 22.0. The Bertz CT molecular complexity index is 1250. The number of hydrogen-bond donors (Lipinski definition) is 4. The lowest BCUT2D eigenvalue weighted by Crippen LogP contribution is -2.69. The molecule has 0 bridgehead atoms. The molecular formula is C37H55NO8. The van der Waals surface area contributed by atoms with E-state index in [9.17, 15) is 25.2 Å². The van der Waals surface area contributed by atoms with E-state index in [1.165, 1.54) is 18.4 Å². The number of nitrogens with zero attached hydrogens (tertiary/aromatic N) is 1. The first-order valence-electron chi connectivity index (χ1n) is 18.2. The zero-order chi connectivity index (χ0) is 32.3. The van der Waals surface area contributed by atoms with Gasteiger partial charge in [-0.1, -0.05) is 18.6 Å². The molecule has 2 aliphatic heterocycles. The van der Waals surface area contributed by atoms with Crippen LogP contribution in [-0.4, -0.2) is 87.7 Å². The smallest absolute Gasteiger partial charge is 0.331 e. The van der Waals surface area contributed by atoms with E-state index in [2.05, 4.69) is 19.2 Å². The monoisotopic (exact) mass is 641 g/mol. The van der Waals surface area contributed by atoms with Crippen LogP contribution >= 0.6 is 0 Å². The number of carbonyl (C=O) groups is 1. The number of aliphatic hydroxyl groups excluding tert-OH is 2. The van der Waals surface area contributed by atoms with Gasteiger partial charge in [0, 0.05) is 42.5 Å². The lowest BCUT2D eigenvalue weighted by molar-refractivity contribution is -0.282.